The van der Waals surface area contributed by atoms with Crippen molar-refractivity contribution < 1.29 is 0 Å². The SMILES string of the molecule is CCN(c1c(C)cccc1CN)C(C)CN(C)C. The molecule has 0 saturated heterocycles. The van der Waals surface area contributed by atoms with Gasteiger partial charge in [-0.05, 0) is 46.0 Å². The van der Waals surface area contributed by atoms with Crippen LogP contribution in [0, 0.1) is 6.92 Å². The number of anilines is 1. The number of aryl methyl sites for hydroxylation is 1. The molecule has 0 amide bonds. The predicted octanol–water partition coefficient (Wildman–Crippen LogP) is 2.23. The number of hydrogen-bond donors (Lipinski definition) is 1. The van der Waals surface area contributed by atoms with Gasteiger partial charge in [-0.15, -0.1) is 0 Å². The summed E-state index contributed by atoms with van der Waals surface area (Å²) in [4.78, 5) is 4.69. The molecule has 2 N–H and O–H groups in total. The smallest absolute Gasteiger partial charge is 0.0444 e. The lowest BCUT2D eigenvalue weighted by Crippen LogP contribution is -2.41. The maximum Gasteiger partial charge on any atom is 0.0444 e. The summed E-state index contributed by atoms with van der Waals surface area (Å²) in [5.74, 6) is 0. The van der Waals surface area contributed by atoms with Gasteiger partial charge in [-0.1, -0.05) is 18.2 Å². The monoisotopic (exact) mass is 249 g/mol. The van der Waals surface area contributed by atoms with Crippen molar-refractivity contribution in [3.05, 3.63) is 29.3 Å². The molecule has 0 aliphatic rings. The minimum absolute atomic E-state index is 0.483. The number of benzene rings is 1. The van der Waals surface area contributed by atoms with Crippen LogP contribution in [-0.4, -0.2) is 38.1 Å². The van der Waals surface area contributed by atoms with E-state index in [1.807, 2.05) is 0 Å². The summed E-state index contributed by atoms with van der Waals surface area (Å²) >= 11 is 0. The second-order valence-corrected chi connectivity index (χ2v) is 5.18. The number of rotatable bonds is 6. The Morgan fingerprint density at radius 2 is 1.94 bits per heavy atom. The normalized spacial score (nSPS) is 12.8. The fourth-order valence-corrected chi connectivity index (χ4v) is 2.61. The van der Waals surface area contributed by atoms with Crippen LogP contribution in [0.3, 0.4) is 0 Å². The van der Waals surface area contributed by atoms with Crippen LogP contribution in [0.15, 0.2) is 18.2 Å². The molecule has 0 spiro atoms. The summed E-state index contributed by atoms with van der Waals surface area (Å²) in [6.45, 7) is 9.30. The second kappa shape index (κ2) is 6.76. The maximum atomic E-state index is 5.88. The lowest BCUT2D eigenvalue weighted by Gasteiger charge is -2.34. The third-order valence-corrected chi connectivity index (χ3v) is 3.33. The van der Waals surface area contributed by atoms with Gasteiger partial charge in [0, 0.05) is 31.4 Å². The highest BCUT2D eigenvalue weighted by molar-refractivity contribution is 5.60. The molecule has 3 heteroatoms. The van der Waals surface area contributed by atoms with Crippen molar-refractivity contribution >= 4 is 5.69 Å². The molecule has 0 aliphatic heterocycles. The van der Waals surface area contributed by atoms with E-state index in [1.165, 1.54) is 16.8 Å². The minimum atomic E-state index is 0.483. The first kappa shape index (κ1) is 15.0. The number of hydrogen-bond acceptors (Lipinski definition) is 3. The molecule has 1 atom stereocenters. The van der Waals surface area contributed by atoms with Gasteiger partial charge >= 0.3 is 0 Å². The van der Waals surface area contributed by atoms with Crippen LogP contribution in [0.5, 0.6) is 0 Å². The Balaban J connectivity index is 3.08. The zero-order valence-corrected chi connectivity index (χ0v) is 12.4. The highest BCUT2D eigenvalue weighted by Crippen LogP contribution is 2.26. The van der Waals surface area contributed by atoms with Gasteiger partial charge in [-0.3, -0.25) is 0 Å². The Hall–Kier alpha value is -1.06. The van der Waals surface area contributed by atoms with Gasteiger partial charge < -0.3 is 15.5 Å². The summed E-state index contributed by atoms with van der Waals surface area (Å²) in [6, 6.07) is 6.87. The van der Waals surface area contributed by atoms with Gasteiger partial charge in [0.2, 0.25) is 0 Å². The first-order valence-electron chi connectivity index (χ1n) is 6.71. The van der Waals surface area contributed by atoms with Crippen LogP contribution in [0.2, 0.25) is 0 Å². The summed E-state index contributed by atoms with van der Waals surface area (Å²) in [5.41, 5.74) is 9.74. The Morgan fingerprint density at radius 3 is 2.44 bits per heavy atom. The van der Waals surface area contributed by atoms with E-state index in [-0.39, 0.29) is 0 Å². The molecule has 0 aromatic heterocycles. The van der Waals surface area contributed by atoms with Crippen LogP contribution < -0.4 is 10.6 Å². The van der Waals surface area contributed by atoms with E-state index < -0.39 is 0 Å². The van der Waals surface area contributed by atoms with Gasteiger partial charge in [0.1, 0.15) is 0 Å². The van der Waals surface area contributed by atoms with Crippen molar-refractivity contribution in [2.75, 3.05) is 32.1 Å². The Morgan fingerprint density at radius 1 is 1.28 bits per heavy atom. The lowest BCUT2D eigenvalue weighted by atomic mass is 10.0. The number of nitrogens with two attached hydrogens (primary N) is 1. The second-order valence-electron chi connectivity index (χ2n) is 5.18. The quantitative estimate of drug-likeness (QED) is 0.839. The van der Waals surface area contributed by atoms with Crippen molar-refractivity contribution in [3.8, 4) is 0 Å². The fourth-order valence-electron chi connectivity index (χ4n) is 2.61. The Labute approximate surface area is 112 Å². The summed E-state index contributed by atoms with van der Waals surface area (Å²) in [6.07, 6.45) is 0. The van der Waals surface area contributed by atoms with E-state index in [0.717, 1.165) is 13.1 Å². The molecule has 0 fully saturated rings. The van der Waals surface area contributed by atoms with Gasteiger partial charge in [-0.2, -0.15) is 0 Å². The lowest BCUT2D eigenvalue weighted by molar-refractivity contribution is 0.372. The molecule has 1 unspecified atom stereocenters. The number of likely N-dealkylation sites (N-methyl/N-ethyl adjacent to an activating group) is 2. The standard InChI is InChI=1S/C15H27N3/c1-6-18(13(3)11-17(4)5)15-12(2)8-7-9-14(15)10-16/h7-9,13H,6,10-11,16H2,1-5H3. The topological polar surface area (TPSA) is 32.5 Å². The number of nitrogens with zero attached hydrogens (tertiary/aromatic N) is 2. The first-order valence-corrected chi connectivity index (χ1v) is 6.71. The van der Waals surface area contributed by atoms with E-state index in [1.54, 1.807) is 0 Å². The van der Waals surface area contributed by atoms with Crippen LogP contribution in [0.1, 0.15) is 25.0 Å². The van der Waals surface area contributed by atoms with Crippen LogP contribution >= 0.6 is 0 Å². The molecule has 0 bridgehead atoms. The molecule has 102 valence electrons. The molecule has 0 radical (unpaired) electrons. The summed E-state index contributed by atoms with van der Waals surface area (Å²) in [5, 5.41) is 0. The van der Waals surface area contributed by atoms with Crippen molar-refractivity contribution in [2.24, 2.45) is 5.73 Å². The van der Waals surface area contributed by atoms with Gasteiger partial charge in [0.05, 0.1) is 0 Å². The van der Waals surface area contributed by atoms with E-state index in [2.05, 4.69) is 62.9 Å². The predicted molar refractivity (Wildman–Crippen MR) is 80.1 cm³/mol. The molecule has 0 aliphatic carbocycles. The van der Waals surface area contributed by atoms with E-state index in [4.69, 9.17) is 5.73 Å². The zero-order chi connectivity index (χ0) is 13.7. The molecule has 0 heterocycles. The minimum Gasteiger partial charge on any atom is -0.367 e. The Kier molecular flexibility index (Phi) is 5.63. The molecule has 1 aromatic rings. The average molecular weight is 249 g/mol. The van der Waals surface area contributed by atoms with Gasteiger partial charge in [-0.25, -0.2) is 0 Å². The summed E-state index contributed by atoms with van der Waals surface area (Å²) < 4.78 is 0. The Bertz CT molecular complexity index is 374. The highest BCUT2D eigenvalue weighted by Gasteiger charge is 2.17. The molecule has 18 heavy (non-hydrogen) atoms. The van der Waals surface area contributed by atoms with E-state index in [0.29, 0.717) is 12.6 Å². The summed E-state index contributed by atoms with van der Waals surface area (Å²) in [7, 11) is 4.23. The van der Waals surface area contributed by atoms with Gasteiger partial charge in [0.25, 0.3) is 0 Å². The molecular weight excluding hydrogens is 222 g/mol. The average Bonchev–Trinajstić information content (AvgIpc) is 2.31. The van der Waals surface area contributed by atoms with E-state index >= 15 is 0 Å². The van der Waals surface area contributed by atoms with Crippen LogP contribution in [0.4, 0.5) is 5.69 Å². The maximum absolute atomic E-state index is 5.88. The molecule has 1 rings (SSSR count). The van der Waals surface area contributed by atoms with Crippen molar-refractivity contribution in [1.82, 2.24) is 4.90 Å². The largest absolute Gasteiger partial charge is 0.367 e. The van der Waals surface area contributed by atoms with Gasteiger partial charge in [0.15, 0.2) is 0 Å². The first-order chi connectivity index (χ1) is 8.51. The molecule has 0 saturated carbocycles. The third-order valence-electron chi connectivity index (χ3n) is 3.33. The van der Waals surface area contributed by atoms with Crippen LogP contribution in [-0.2, 0) is 6.54 Å². The third kappa shape index (κ3) is 3.47. The fraction of sp³-hybridized carbons (Fsp3) is 0.600. The molecule has 1 aromatic carbocycles. The van der Waals surface area contributed by atoms with Crippen molar-refractivity contribution in [2.45, 2.75) is 33.4 Å². The number of para-hydroxylation sites is 1. The van der Waals surface area contributed by atoms with Crippen LogP contribution in [0.25, 0.3) is 0 Å². The molecular formula is C15H27N3. The van der Waals surface area contributed by atoms with Crippen molar-refractivity contribution in [3.63, 3.8) is 0 Å². The van der Waals surface area contributed by atoms with E-state index in [9.17, 15) is 0 Å². The molecule has 3 nitrogen and oxygen atoms in total. The van der Waals surface area contributed by atoms with Crippen molar-refractivity contribution in [1.29, 1.82) is 0 Å². The zero-order valence-electron chi connectivity index (χ0n) is 12.4. The highest BCUT2D eigenvalue weighted by atomic mass is 15.2.